The predicted octanol–water partition coefficient (Wildman–Crippen LogP) is 7.03. The Balaban J connectivity index is 1.66. The lowest BCUT2D eigenvalue weighted by Gasteiger charge is -2.22. The first-order valence-corrected chi connectivity index (χ1v) is 9.39. The van der Waals surface area contributed by atoms with Gasteiger partial charge in [-0.05, 0) is 57.5 Å². The van der Waals surface area contributed by atoms with Crippen molar-refractivity contribution in [2.24, 2.45) is 0 Å². The van der Waals surface area contributed by atoms with Crippen LogP contribution in [0.15, 0.2) is 66.7 Å². The van der Waals surface area contributed by atoms with Crippen molar-refractivity contribution in [1.82, 2.24) is 0 Å². The van der Waals surface area contributed by atoms with Gasteiger partial charge in [-0.2, -0.15) is 0 Å². The van der Waals surface area contributed by atoms with Gasteiger partial charge in [-0.25, -0.2) is 0 Å². The first-order chi connectivity index (χ1) is 12.3. The Kier molecular flexibility index (Phi) is 3.73. The van der Waals surface area contributed by atoms with E-state index in [1.807, 2.05) is 0 Å². The second-order valence-electron chi connectivity index (χ2n) is 8.88. The van der Waals surface area contributed by atoms with Crippen molar-refractivity contribution in [1.29, 1.82) is 0 Å². The maximum atomic E-state index is 3.58. The largest absolute Gasteiger partial charge is 0.356 e. The number of fused-ring (bicyclic) bond motifs is 3. The van der Waals surface area contributed by atoms with Gasteiger partial charge in [0.1, 0.15) is 0 Å². The summed E-state index contributed by atoms with van der Waals surface area (Å²) in [6, 6.07) is 24.3. The van der Waals surface area contributed by atoms with Crippen molar-refractivity contribution in [2.75, 3.05) is 5.32 Å². The summed E-state index contributed by atoms with van der Waals surface area (Å²) in [4.78, 5) is 0. The van der Waals surface area contributed by atoms with Gasteiger partial charge in [-0.3, -0.25) is 0 Å². The van der Waals surface area contributed by atoms with Crippen LogP contribution >= 0.6 is 0 Å². The van der Waals surface area contributed by atoms with Crippen molar-refractivity contribution < 1.29 is 0 Å². The van der Waals surface area contributed by atoms with E-state index in [1.165, 1.54) is 27.8 Å². The molecule has 132 valence electrons. The molecule has 0 aromatic heterocycles. The molecule has 3 aromatic rings. The molecular weight excluding hydrogens is 314 g/mol. The Morgan fingerprint density at radius 1 is 0.692 bits per heavy atom. The molecule has 26 heavy (non-hydrogen) atoms. The van der Waals surface area contributed by atoms with Gasteiger partial charge in [0.25, 0.3) is 0 Å². The molecule has 1 heteroatoms. The van der Waals surface area contributed by atoms with E-state index in [9.17, 15) is 0 Å². The fraction of sp³-hybridized carbons (Fsp3) is 0.280. The van der Waals surface area contributed by atoms with Gasteiger partial charge in [0, 0.05) is 16.8 Å². The lowest BCUT2D eigenvalue weighted by atomic mass is 9.82. The third kappa shape index (κ3) is 2.72. The average Bonchev–Trinajstić information content (AvgIpc) is 2.83. The van der Waals surface area contributed by atoms with Crippen molar-refractivity contribution >= 4 is 11.4 Å². The Morgan fingerprint density at radius 2 is 1.31 bits per heavy atom. The monoisotopic (exact) mass is 341 g/mol. The van der Waals surface area contributed by atoms with Crippen LogP contribution in [0.25, 0.3) is 11.1 Å². The van der Waals surface area contributed by atoms with E-state index in [2.05, 4.69) is 107 Å². The molecule has 1 nitrogen and oxygen atoms in total. The Bertz CT molecular complexity index is 956. The van der Waals surface area contributed by atoms with Crippen LogP contribution in [0.2, 0.25) is 0 Å². The summed E-state index contributed by atoms with van der Waals surface area (Å²) in [5, 5.41) is 3.58. The topological polar surface area (TPSA) is 12.0 Å². The van der Waals surface area contributed by atoms with E-state index < -0.39 is 0 Å². The van der Waals surface area contributed by atoms with Crippen molar-refractivity contribution in [2.45, 2.75) is 45.4 Å². The molecule has 0 bridgehead atoms. The maximum absolute atomic E-state index is 3.58. The van der Waals surface area contributed by atoms with E-state index in [4.69, 9.17) is 0 Å². The highest BCUT2D eigenvalue weighted by Gasteiger charge is 2.35. The van der Waals surface area contributed by atoms with Crippen molar-refractivity contribution in [3.05, 3.63) is 83.4 Å². The van der Waals surface area contributed by atoms with Crippen LogP contribution in [-0.2, 0) is 10.8 Å². The standard InChI is InChI=1S/C25H27N/c1-24(2,3)17-10-12-18(13-11-17)26-19-14-15-21-20-8-6-7-9-22(20)25(4,5)23(21)16-19/h6-16,26H,1-5H3. The Hall–Kier alpha value is -2.54. The normalized spacial score (nSPS) is 14.7. The summed E-state index contributed by atoms with van der Waals surface area (Å²) in [7, 11) is 0. The van der Waals surface area contributed by atoms with Crippen LogP contribution in [0.1, 0.15) is 51.3 Å². The summed E-state index contributed by atoms with van der Waals surface area (Å²) in [5.74, 6) is 0. The molecular formula is C25H27N. The first-order valence-electron chi connectivity index (χ1n) is 9.39. The van der Waals surface area contributed by atoms with Crippen molar-refractivity contribution in [3.8, 4) is 11.1 Å². The summed E-state index contributed by atoms with van der Waals surface area (Å²) in [6.45, 7) is 11.4. The zero-order valence-electron chi connectivity index (χ0n) is 16.4. The molecule has 0 aliphatic heterocycles. The van der Waals surface area contributed by atoms with Crippen LogP contribution in [0.3, 0.4) is 0 Å². The zero-order chi connectivity index (χ0) is 18.5. The second-order valence-corrected chi connectivity index (χ2v) is 8.88. The van der Waals surface area contributed by atoms with Gasteiger partial charge in [0.05, 0.1) is 0 Å². The second kappa shape index (κ2) is 5.74. The number of hydrogen-bond acceptors (Lipinski definition) is 1. The SMILES string of the molecule is CC(C)(C)c1ccc(Nc2ccc3c(c2)C(C)(C)c2ccccc2-3)cc1. The molecule has 4 rings (SSSR count). The summed E-state index contributed by atoms with van der Waals surface area (Å²) in [5.41, 5.74) is 9.40. The van der Waals surface area contributed by atoms with Gasteiger partial charge < -0.3 is 5.32 Å². The molecule has 1 N–H and O–H groups in total. The molecule has 3 aromatic carbocycles. The van der Waals surface area contributed by atoms with E-state index >= 15 is 0 Å². The van der Waals surface area contributed by atoms with Gasteiger partial charge in [-0.1, -0.05) is 77.1 Å². The number of hydrogen-bond donors (Lipinski definition) is 1. The third-order valence-electron chi connectivity index (χ3n) is 5.62. The highest BCUT2D eigenvalue weighted by molar-refractivity contribution is 5.82. The first kappa shape index (κ1) is 16.9. The van der Waals surface area contributed by atoms with Crippen LogP contribution < -0.4 is 5.32 Å². The van der Waals surface area contributed by atoms with Gasteiger partial charge in [0.15, 0.2) is 0 Å². The molecule has 0 saturated carbocycles. The molecule has 1 aliphatic rings. The minimum atomic E-state index is 0.0414. The van der Waals surface area contributed by atoms with Crippen LogP contribution in [0, 0.1) is 0 Å². The number of rotatable bonds is 2. The molecule has 0 spiro atoms. The van der Waals surface area contributed by atoms with Crippen LogP contribution in [0.5, 0.6) is 0 Å². The quantitative estimate of drug-likeness (QED) is 0.527. The molecule has 0 saturated heterocycles. The highest BCUT2D eigenvalue weighted by Crippen LogP contribution is 2.49. The Morgan fingerprint density at radius 3 is 2.00 bits per heavy atom. The number of benzene rings is 3. The average molecular weight is 341 g/mol. The van der Waals surface area contributed by atoms with Crippen molar-refractivity contribution in [3.63, 3.8) is 0 Å². The molecule has 0 unspecified atom stereocenters. The maximum Gasteiger partial charge on any atom is 0.0387 e. The molecule has 0 atom stereocenters. The lowest BCUT2D eigenvalue weighted by Crippen LogP contribution is -2.15. The molecule has 0 radical (unpaired) electrons. The number of anilines is 2. The summed E-state index contributed by atoms with van der Waals surface area (Å²) < 4.78 is 0. The van der Waals surface area contributed by atoms with Gasteiger partial charge in [0.2, 0.25) is 0 Å². The van der Waals surface area contributed by atoms with E-state index in [0.29, 0.717) is 0 Å². The van der Waals surface area contributed by atoms with E-state index in [-0.39, 0.29) is 10.8 Å². The summed E-state index contributed by atoms with van der Waals surface area (Å²) >= 11 is 0. The minimum absolute atomic E-state index is 0.0414. The fourth-order valence-electron chi connectivity index (χ4n) is 4.00. The smallest absolute Gasteiger partial charge is 0.0387 e. The highest BCUT2D eigenvalue weighted by atomic mass is 14.9. The zero-order valence-corrected chi connectivity index (χ0v) is 16.4. The molecule has 1 aliphatic carbocycles. The number of nitrogens with one attached hydrogen (secondary N) is 1. The minimum Gasteiger partial charge on any atom is -0.356 e. The van der Waals surface area contributed by atoms with Crippen LogP contribution in [0.4, 0.5) is 11.4 Å². The third-order valence-corrected chi connectivity index (χ3v) is 5.62. The fourth-order valence-corrected chi connectivity index (χ4v) is 4.00. The Labute approximate surface area is 157 Å². The molecule has 0 heterocycles. The molecule has 0 amide bonds. The molecule has 0 fully saturated rings. The van der Waals surface area contributed by atoms with E-state index in [1.54, 1.807) is 0 Å². The van der Waals surface area contributed by atoms with Gasteiger partial charge in [-0.15, -0.1) is 0 Å². The predicted molar refractivity (Wildman–Crippen MR) is 112 cm³/mol. The van der Waals surface area contributed by atoms with E-state index in [0.717, 1.165) is 11.4 Å². The van der Waals surface area contributed by atoms with Gasteiger partial charge >= 0.3 is 0 Å². The lowest BCUT2D eigenvalue weighted by molar-refractivity contribution is 0.590. The van der Waals surface area contributed by atoms with Crippen LogP contribution in [-0.4, -0.2) is 0 Å². The summed E-state index contributed by atoms with van der Waals surface area (Å²) in [6.07, 6.45) is 0.